The highest BCUT2D eigenvalue weighted by atomic mass is 16.5. The van der Waals surface area contributed by atoms with Crippen LogP contribution >= 0.6 is 0 Å². The van der Waals surface area contributed by atoms with Crippen LogP contribution in [0.4, 0.5) is 0 Å². The molecule has 0 atom stereocenters. The van der Waals surface area contributed by atoms with Crippen molar-refractivity contribution in [3.63, 3.8) is 0 Å². The van der Waals surface area contributed by atoms with Gasteiger partial charge in [-0.05, 0) is 56.8 Å². The van der Waals surface area contributed by atoms with Crippen LogP contribution in [-0.2, 0) is 4.74 Å². The number of methoxy groups -OCH3 is 1. The van der Waals surface area contributed by atoms with Crippen LogP contribution in [0.2, 0.25) is 0 Å². The third-order valence-electron chi connectivity index (χ3n) is 5.48. The summed E-state index contributed by atoms with van der Waals surface area (Å²) in [6, 6.07) is 5.47. The van der Waals surface area contributed by atoms with Crippen molar-refractivity contribution < 1.29 is 19.1 Å². The molecule has 1 aromatic rings. The molecule has 142 valence electrons. The Morgan fingerprint density at radius 2 is 1.81 bits per heavy atom. The minimum Gasteiger partial charge on any atom is -0.493 e. The lowest BCUT2D eigenvalue weighted by molar-refractivity contribution is 0.0600. The number of esters is 1. The van der Waals surface area contributed by atoms with E-state index in [0.29, 0.717) is 48.5 Å². The van der Waals surface area contributed by atoms with E-state index in [9.17, 15) is 9.59 Å². The van der Waals surface area contributed by atoms with Crippen molar-refractivity contribution in [2.45, 2.75) is 38.1 Å². The number of rotatable bonds is 6. The molecule has 0 bridgehead atoms. The van der Waals surface area contributed by atoms with Crippen LogP contribution in [-0.4, -0.2) is 56.7 Å². The van der Waals surface area contributed by atoms with Crippen molar-refractivity contribution in [2.75, 3.05) is 33.9 Å². The van der Waals surface area contributed by atoms with E-state index >= 15 is 0 Å². The number of carbonyl (C=O) groups is 2. The highest BCUT2D eigenvalue weighted by Gasteiger charge is 2.24. The number of carbonyl (C=O) groups excluding carboxylic acids is 2. The van der Waals surface area contributed by atoms with E-state index in [2.05, 4.69) is 5.32 Å². The zero-order valence-electron chi connectivity index (χ0n) is 15.6. The maximum Gasteiger partial charge on any atom is 0.338 e. The smallest absolute Gasteiger partial charge is 0.338 e. The molecule has 1 saturated carbocycles. The number of amides is 1. The standard InChI is InChI=1S/C20H28N2O4/c1-21-17-6-8-22(9-7-17)19(23)15-10-16(20(24)25-2)12-18(11-15)26-13-14-4-3-5-14/h10-12,14,17,21H,3-9,13H2,1-2H3. The fraction of sp³-hybridized carbons (Fsp3) is 0.600. The van der Waals surface area contributed by atoms with Gasteiger partial charge in [0.1, 0.15) is 5.75 Å². The molecule has 3 rings (SSSR count). The first-order valence-electron chi connectivity index (χ1n) is 9.43. The van der Waals surface area contributed by atoms with Gasteiger partial charge in [0, 0.05) is 24.7 Å². The number of hydrogen-bond acceptors (Lipinski definition) is 5. The molecule has 0 radical (unpaired) electrons. The van der Waals surface area contributed by atoms with E-state index in [1.165, 1.54) is 26.4 Å². The van der Waals surface area contributed by atoms with Crippen LogP contribution in [0.5, 0.6) is 5.75 Å². The van der Waals surface area contributed by atoms with Gasteiger partial charge in [0.05, 0.1) is 19.3 Å². The largest absolute Gasteiger partial charge is 0.493 e. The third-order valence-corrected chi connectivity index (χ3v) is 5.48. The number of ether oxygens (including phenoxy) is 2. The molecule has 1 heterocycles. The first-order valence-corrected chi connectivity index (χ1v) is 9.43. The van der Waals surface area contributed by atoms with Crippen LogP contribution < -0.4 is 10.1 Å². The Labute approximate surface area is 154 Å². The summed E-state index contributed by atoms with van der Waals surface area (Å²) >= 11 is 0. The maximum absolute atomic E-state index is 12.9. The van der Waals surface area contributed by atoms with Crippen molar-refractivity contribution in [3.8, 4) is 5.75 Å². The van der Waals surface area contributed by atoms with Gasteiger partial charge < -0.3 is 19.7 Å². The SMILES string of the molecule is CNC1CCN(C(=O)c2cc(OCC3CCC3)cc(C(=O)OC)c2)CC1. The second-order valence-electron chi connectivity index (χ2n) is 7.20. The van der Waals surface area contributed by atoms with Crippen molar-refractivity contribution in [1.29, 1.82) is 0 Å². The summed E-state index contributed by atoms with van der Waals surface area (Å²) in [7, 11) is 3.29. The Morgan fingerprint density at radius 1 is 1.12 bits per heavy atom. The average Bonchev–Trinajstić information content (AvgIpc) is 2.65. The van der Waals surface area contributed by atoms with Crippen molar-refractivity contribution in [3.05, 3.63) is 29.3 Å². The monoisotopic (exact) mass is 360 g/mol. The molecule has 0 aromatic heterocycles. The summed E-state index contributed by atoms with van der Waals surface area (Å²) in [5.41, 5.74) is 0.839. The van der Waals surface area contributed by atoms with Crippen LogP contribution in [0.3, 0.4) is 0 Å². The van der Waals surface area contributed by atoms with E-state index < -0.39 is 5.97 Å². The Kier molecular flexibility index (Phi) is 6.14. The van der Waals surface area contributed by atoms with Gasteiger partial charge in [0.2, 0.25) is 0 Å². The highest BCUT2D eigenvalue weighted by molar-refractivity contribution is 5.98. The quantitative estimate of drug-likeness (QED) is 0.790. The van der Waals surface area contributed by atoms with Gasteiger partial charge in [-0.25, -0.2) is 4.79 Å². The first-order chi connectivity index (χ1) is 12.6. The maximum atomic E-state index is 12.9. The van der Waals surface area contributed by atoms with Gasteiger partial charge >= 0.3 is 5.97 Å². The molecular weight excluding hydrogens is 332 g/mol. The molecule has 1 saturated heterocycles. The topological polar surface area (TPSA) is 67.9 Å². The summed E-state index contributed by atoms with van der Waals surface area (Å²) in [5.74, 6) is 0.630. The van der Waals surface area contributed by atoms with E-state index in [4.69, 9.17) is 9.47 Å². The molecule has 6 heteroatoms. The number of likely N-dealkylation sites (tertiary alicyclic amines) is 1. The lowest BCUT2D eigenvalue weighted by Crippen LogP contribution is -2.44. The van der Waals surface area contributed by atoms with E-state index in [1.807, 2.05) is 11.9 Å². The predicted octanol–water partition coefficient (Wildman–Crippen LogP) is 2.48. The lowest BCUT2D eigenvalue weighted by Gasteiger charge is -2.32. The Balaban J connectivity index is 1.75. The molecular formula is C20H28N2O4. The molecule has 1 N–H and O–H groups in total. The Hall–Kier alpha value is -2.08. The van der Waals surface area contributed by atoms with Crippen LogP contribution in [0.1, 0.15) is 52.8 Å². The summed E-state index contributed by atoms with van der Waals surface area (Å²) in [5, 5.41) is 3.26. The molecule has 2 aliphatic rings. The Bertz CT molecular complexity index is 649. The molecule has 2 fully saturated rings. The zero-order valence-corrected chi connectivity index (χ0v) is 15.6. The number of benzene rings is 1. The third kappa shape index (κ3) is 4.36. The molecule has 0 spiro atoms. The summed E-state index contributed by atoms with van der Waals surface area (Å²) in [6.07, 6.45) is 5.49. The molecule has 1 aliphatic carbocycles. The number of nitrogens with zero attached hydrogens (tertiary/aromatic N) is 1. The van der Waals surface area contributed by atoms with Crippen molar-refractivity contribution in [1.82, 2.24) is 10.2 Å². The summed E-state index contributed by atoms with van der Waals surface area (Å²) in [6.45, 7) is 2.06. The number of nitrogens with one attached hydrogen (secondary N) is 1. The fourth-order valence-corrected chi connectivity index (χ4v) is 3.47. The van der Waals surface area contributed by atoms with Crippen LogP contribution in [0.25, 0.3) is 0 Å². The molecule has 0 unspecified atom stereocenters. The van der Waals surface area contributed by atoms with E-state index in [-0.39, 0.29) is 5.91 Å². The number of piperidine rings is 1. The van der Waals surface area contributed by atoms with Gasteiger partial charge in [-0.1, -0.05) is 6.42 Å². The van der Waals surface area contributed by atoms with Gasteiger partial charge in [0.15, 0.2) is 0 Å². The van der Waals surface area contributed by atoms with Crippen LogP contribution in [0, 0.1) is 5.92 Å². The van der Waals surface area contributed by atoms with Crippen LogP contribution in [0.15, 0.2) is 18.2 Å². The first kappa shape index (κ1) is 18.7. The summed E-state index contributed by atoms with van der Waals surface area (Å²) in [4.78, 5) is 26.8. The molecule has 1 amide bonds. The van der Waals surface area contributed by atoms with E-state index in [1.54, 1.807) is 18.2 Å². The van der Waals surface area contributed by atoms with Crippen molar-refractivity contribution in [2.24, 2.45) is 5.92 Å². The zero-order chi connectivity index (χ0) is 18.5. The fourth-order valence-electron chi connectivity index (χ4n) is 3.47. The molecule has 26 heavy (non-hydrogen) atoms. The second kappa shape index (κ2) is 8.54. The van der Waals surface area contributed by atoms with Crippen molar-refractivity contribution >= 4 is 11.9 Å². The lowest BCUT2D eigenvalue weighted by atomic mass is 9.86. The molecule has 6 nitrogen and oxygen atoms in total. The summed E-state index contributed by atoms with van der Waals surface area (Å²) < 4.78 is 10.7. The van der Waals surface area contributed by atoms with Gasteiger partial charge in [-0.15, -0.1) is 0 Å². The predicted molar refractivity (Wildman–Crippen MR) is 98.6 cm³/mol. The van der Waals surface area contributed by atoms with E-state index in [0.717, 1.165) is 12.8 Å². The minimum atomic E-state index is -0.456. The highest BCUT2D eigenvalue weighted by Crippen LogP contribution is 2.28. The normalized spacial score (nSPS) is 18.3. The van der Waals surface area contributed by atoms with Gasteiger partial charge in [-0.2, -0.15) is 0 Å². The Morgan fingerprint density at radius 3 is 2.38 bits per heavy atom. The second-order valence-corrected chi connectivity index (χ2v) is 7.20. The van der Waals surface area contributed by atoms with Gasteiger partial charge in [0.25, 0.3) is 5.91 Å². The number of hydrogen-bond donors (Lipinski definition) is 1. The average molecular weight is 360 g/mol. The minimum absolute atomic E-state index is 0.0567. The molecule has 1 aliphatic heterocycles. The van der Waals surface area contributed by atoms with Gasteiger partial charge in [-0.3, -0.25) is 4.79 Å². The molecule has 1 aromatic carbocycles.